The third-order valence-electron chi connectivity index (χ3n) is 3.75. The predicted molar refractivity (Wildman–Crippen MR) is 92.9 cm³/mol. The number of anilines is 1. The minimum atomic E-state index is -2.97. The van der Waals surface area contributed by atoms with Crippen LogP contribution in [-0.2, 0) is 7.05 Å². The smallest absolute Gasteiger partial charge is 0.282 e. The summed E-state index contributed by atoms with van der Waals surface area (Å²) in [6.45, 7) is 0. The van der Waals surface area contributed by atoms with Crippen LogP contribution in [0.5, 0.6) is 0 Å². The normalized spacial score (nSPS) is 11.1. The van der Waals surface area contributed by atoms with Crippen LogP contribution in [0.4, 0.5) is 23.2 Å². The molecule has 140 valence electrons. The zero-order valence-corrected chi connectivity index (χ0v) is 14.6. The molecule has 27 heavy (non-hydrogen) atoms. The molecule has 3 aromatic rings. The van der Waals surface area contributed by atoms with Gasteiger partial charge in [0, 0.05) is 29.9 Å². The lowest BCUT2D eigenvalue weighted by Crippen LogP contribution is -2.14. The standard InChI is InChI=1S/C18H12ClF4N3O/c1-26-8-12(16(25-26)17(22)23)18(27)24-15-7-14(21)13(20)6-11(15)9-3-2-4-10(19)5-9/h2-8,17H,1H3,(H,24,27). The van der Waals surface area contributed by atoms with Gasteiger partial charge < -0.3 is 5.32 Å². The van der Waals surface area contributed by atoms with E-state index in [1.807, 2.05) is 0 Å². The van der Waals surface area contributed by atoms with E-state index in [-0.39, 0.29) is 16.8 Å². The van der Waals surface area contributed by atoms with Crippen molar-refractivity contribution >= 4 is 23.2 Å². The second-order valence-electron chi connectivity index (χ2n) is 5.68. The highest BCUT2D eigenvalue weighted by molar-refractivity contribution is 6.30. The number of carbonyl (C=O) groups excluding carboxylic acids is 1. The average molecular weight is 398 g/mol. The van der Waals surface area contributed by atoms with Gasteiger partial charge in [-0.3, -0.25) is 9.48 Å². The fourth-order valence-electron chi connectivity index (χ4n) is 2.58. The molecule has 1 amide bonds. The third-order valence-corrected chi connectivity index (χ3v) is 3.99. The lowest BCUT2D eigenvalue weighted by molar-refractivity contribution is 0.101. The van der Waals surface area contributed by atoms with Crippen molar-refractivity contribution in [1.29, 1.82) is 0 Å². The predicted octanol–water partition coefficient (Wildman–Crippen LogP) is 5.21. The first-order valence-corrected chi connectivity index (χ1v) is 8.02. The topological polar surface area (TPSA) is 46.9 Å². The molecule has 0 aliphatic carbocycles. The number of aryl methyl sites for hydroxylation is 1. The summed E-state index contributed by atoms with van der Waals surface area (Å²) in [6.07, 6.45) is -1.85. The number of hydrogen-bond acceptors (Lipinski definition) is 2. The van der Waals surface area contributed by atoms with Crippen molar-refractivity contribution in [2.45, 2.75) is 6.43 Å². The van der Waals surface area contributed by atoms with Crippen molar-refractivity contribution in [1.82, 2.24) is 9.78 Å². The van der Waals surface area contributed by atoms with Crippen LogP contribution in [0.1, 0.15) is 22.5 Å². The van der Waals surface area contributed by atoms with Crippen LogP contribution >= 0.6 is 11.6 Å². The van der Waals surface area contributed by atoms with Gasteiger partial charge in [-0.1, -0.05) is 23.7 Å². The van der Waals surface area contributed by atoms with E-state index in [0.717, 1.165) is 23.0 Å². The lowest BCUT2D eigenvalue weighted by atomic mass is 10.0. The number of rotatable bonds is 4. The summed E-state index contributed by atoms with van der Waals surface area (Å²) >= 11 is 5.93. The Morgan fingerprint density at radius 2 is 1.89 bits per heavy atom. The van der Waals surface area contributed by atoms with Gasteiger partial charge in [-0.2, -0.15) is 5.10 Å². The second-order valence-corrected chi connectivity index (χ2v) is 6.12. The Hall–Kier alpha value is -2.87. The maximum Gasteiger partial charge on any atom is 0.282 e. The van der Waals surface area contributed by atoms with Crippen molar-refractivity contribution in [2.24, 2.45) is 7.05 Å². The molecule has 0 aliphatic rings. The van der Waals surface area contributed by atoms with Crippen LogP contribution < -0.4 is 5.32 Å². The van der Waals surface area contributed by atoms with E-state index in [1.54, 1.807) is 18.2 Å². The summed E-state index contributed by atoms with van der Waals surface area (Å²) in [5.74, 6) is -3.25. The van der Waals surface area contributed by atoms with Gasteiger partial charge in [-0.15, -0.1) is 0 Å². The van der Waals surface area contributed by atoms with E-state index in [1.165, 1.54) is 13.1 Å². The Bertz CT molecular complexity index is 1020. The molecule has 0 radical (unpaired) electrons. The van der Waals surface area contributed by atoms with E-state index in [4.69, 9.17) is 11.6 Å². The molecule has 2 aromatic carbocycles. The lowest BCUT2D eigenvalue weighted by Gasteiger charge is -2.12. The summed E-state index contributed by atoms with van der Waals surface area (Å²) in [5.41, 5.74) is -0.606. The van der Waals surface area contributed by atoms with E-state index in [9.17, 15) is 22.4 Å². The summed E-state index contributed by atoms with van der Waals surface area (Å²) < 4.78 is 54.7. The largest absolute Gasteiger partial charge is 0.321 e. The number of amides is 1. The number of halogens is 5. The van der Waals surface area contributed by atoms with Gasteiger partial charge in [-0.05, 0) is 23.8 Å². The fraction of sp³-hybridized carbons (Fsp3) is 0.111. The number of nitrogens with one attached hydrogen (secondary N) is 1. The van der Waals surface area contributed by atoms with Crippen LogP contribution in [0.3, 0.4) is 0 Å². The first kappa shape index (κ1) is 18.9. The molecule has 9 heteroatoms. The monoisotopic (exact) mass is 397 g/mol. The van der Waals surface area contributed by atoms with E-state index < -0.39 is 29.7 Å². The molecule has 1 aromatic heterocycles. The van der Waals surface area contributed by atoms with Gasteiger partial charge in [0.1, 0.15) is 5.69 Å². The molecule has 1 N–H and O–H groups in total. The quantitative estimate of drug-likeness (QED) is 0.614. The fourth-order valence-corrected chi connectivity index (χ4v) is 2.77. The number of carbonyl (C=O) groups is 1. The molecule has 0 saturated carbocycles. The van der Waals surface area contributed by atoms with Crippen molar-refractivity contribution in [3.05, 3.63) is 70.5 Å². The van der Waals surface area contributed by atoms with Gasteiger partial charge in [0.05, 0.1) is 11.3 Å². The Morgan fingerprint density at radius 1 is 1.19 bits per heavy atom. The number of alkyl halides is 2. The molecule has 0 atom stereocenters. The molecule has 0 unspecified atom stereocenters. The van der Waals surface area contributed by atoms with Crippen LogP contribution in [0.2, 0.25) is 5.02 Å². The van der Waals surface area contributed by atoms with Gasteiger partial charge in [0.25, 0.3) is 12.3 Å². The van der Waals surface area contributed by atoms with E-state index in [0.29, 0.717) is 10.6 Å². The minimum absolute atomic E-state index is 0.0924. The van der Waals surface area contributed by atoms with Gasteiger partial charge >= 0.3 is 0 Å². The zero-order valence-electron chi connectivity index (χ0n) is 13.8. The number of benzene rings is 2. The Morgan fingerprint density at radius 3 is 2.56 bits per heavy atom. The highest BCUT2D eigenvalue weighted by atomic mass is 35.5. The highest BCUT2D eigenvalue weighted by Gasteiger charge is 2.24. The van der Waals surface area contributed by atoms with Gasteiger partial charge in [-0.25, -0.2) is 17.6 Å². The zero-order chi connectivity index (χ0) is 19.7. The van der Waals surface area contributed by atoms with Gasteiger partial charge in [0.2, 0.25) is 0 Å². The molecule has 1 heterocycles. The number of hydrogen-bond donors (Lipinski definition) is 1. The van der Waals surface area contributed by atoms with Crippen LogP contribution in [0.15, 0.2) is 42.6 Å². The third kappa shape index (κ3) is 3.95. The highest BCUT2D eigenvalue weighted by Crippen LogP contribution is 2.32. The molecular formula is C18H12ClF4N3O. The molecule has 0 fully saturated rings. The Kier molecular flexibility index (Phi) is 5.18. The first-order chi connectivity index (χ1) is 12.8. The molecular weight excluding hydrogens is 386 g/mol. The van der Waals surface area contributed by atoms with Crippen LogP contribution in [0, 0.1) is 11.6 Å². The summed E-state index contributed by atoms with van der Waals surface area (Å²) in [7, 11) is 1.39. The summed E-state index contributed by atoms with van der Waals surface area (Å²) in [6, 6.07) is 7.95. The maximum absolute atomic E-state index is 13.7. The summed E-state index contributed by atoms with van der Waals surface area (Å²) in [4.78, 5) is 12.5. The van der Waals surface area contributed by atoms with Gasteiger partial charge in [0.15, 0.2) is 11.6 Å². The van der Waals surface area contributed by atoms with Crippen LogP contribution in [0.25, 0.3) is 11.1 Å². The van der Waals surface area contributed by atoms with Crippen molar-refractivity contribution in [2.75, 3.05) is 5.32 Å². The minimum Gasteiger partial charge on any atom is -0.321 e. The molecule has 0 aliphatic heterocycles. The van der Waals surface area contributed by atoms with Crippen LogP contribution in [-0.4, -0.2) is 15.7 Å². The van der Waals surface area contributed by atoms with Crippen molar-refractivity contribution in [3.8, 4) is 11.1 Å². The van der Waals surface area contributed by atoms with Crippen molar-refractivity contribution in [3.63, 3.8) is 0 Å². The SMILES string of the molecule is Cn1cc(C(=O)Nc2cc(F)c(F)cc2-c2cccc(Cl)c2)c(C(F)F)n1. The Labute approximate surface area is 156 Å². The maximum atomic E-state index is 13.7. The molecule has 0 saturated heterocycles. The summed E-state index contributed by atoms with van der Waals surface area (Å²) in [5, 5.41) is 6.25. The average Bonchev–Trinajstić information content (AvgIpc) is 3.00. The first-order valence-electron chi connectivity index (χ1n) is 7.64. The molecule has 3 rings (SSSR count). The van der Waals surface area contributed by atoms with E-state index >= 15 is 0 Å². The Balaban J connectivity index is 2.04. The molecule has 0 spiro atoms. The number of aromatic nitrogens is 2. The number of nitrogens with zero attached hydrogens (tertiary/aromatic N) is 2. The van der Waals surface area contributed by atoms with Crippen molar-refractivity contribution < 1.29 is 22.4 Å². The molecule has 4 nitrogen and oxygen atoms in total. The second kappa shape index (κ2) is 7.40. The van der Waals surface area contributed by atoms with E-state index in [2.05, 4.69) is 10.4 Å². The molecule has 0 bridgehead atoms.